The molecule has 0 saturated carbocycles. The molecule has 2 rings (SSSR count). The highest BCUT2D eigenvalue weighted by Crippen LogP contribution is 2.16. The molecule has 0 atom stereocenters. The van der Waals surface area contributed by atoms with E-state index in [1.165, 1.54) is 18.3 Å². The van der Waals surface area contributed by atoms with Crippen molar-refractivity contribution in [1.29, 1.82) is 0 Å². The summed E-state index contributed by atoms with van der Waals surface area (Å²) in [6.07, 6.45) is 0.271. The van der Waals surface area contributed by atoms with Crippen molar-refractivity contribution in [2.45, 2.75) is 33.7 Å². The first kappa shape index (κ1) is 14.5. The number of thiophene rings is 1. The monoisotopic (exact) mass is 292 g/mol. The number of Topliss-reactive ketones (excluding diaryl/α,β-unsaturated/α-hetero) is 1. The molecule has 0 saturated heterocycles. The summed E-state index contributed by atoms with van der Waals surface area (Å²) in [6.45, 7) is 5.59. The van der Waals surface area contributed by atoms with E-state index >= 15 is 0 Å². The molecule has 0 unspecified atom stereocenters. The average Bonchev–Trinajstić information content (AvgIpc) is 2.96. The highest BCUT2D eigenvalue weighted by Gasteiger charge is 2.12. The highest BCUT2D eigenvalue weighted by atomic mass is 32.1. The molecule has 1 amide bonds. The number of rotatable bonds is 5. The number of aryl methyl sites for hydroxylation is 2. The first-order valence-electron chi connectivity index (χ1n) is 6.24. The Bertz CT molecular complexity index is 623. The second kappa shape index (κ2) is 6.00. The molecule has 1 N–H and O–H groups in total. The molecule has 2 aromatic rings. The number of hydrogen-bond donors (Lipinski definition) is 1. The number of carbonyl (C=O) groups excluding carboxylic acids is 2. The molecule has 0 aliphatic rings. The van der Waals surface area contributed by atoms with Crippen LogP contribution in [0.15, 0.2) is 16.0 Å². The number of nitrogens with one attached hydrogen (secondary N) is 1. The van der Waals surface area contributed by atoms with E-state index < -0.39 is 0 Å². The molecule has 0 aliphatic carbocycles. The van der Waals surface area contributed by atoms with E-state index in [2.05, 4.69) is 10.5 Å². The van der Waals surface area contributed by atoms with Crippen LogP contribution in [0, 0.1) is 13.8 Å². The summed E-state index contributed by atoms with van der Waals surface area (Å²) < 4.78 is 5.04. The zero-order valence-corrected chi connectivity index (χ0v) is 12.5. The van der Waals surface area contributed by atoms with Crippen LogP contribution >= 0.6 is 11.3 Å². The van der Waals surface area contributed by atoms with Gasteiger partial charge in [0.1, 0.15) is 5.76 Å². The summed E-state index contributed by atoms with van der Waals surface area (Å²) in [5.74, 6) is 0.660. The van der Waals surface area contributed by atoms with Crippen molar-refractivity contribution in [2.75, 3.05) is 0 Å². The van der Waals surface area contributed by atoms with Gasteiger partial charge in [0.2, 0.25) is 5.91 Å². The van der Waals surface area contributed by atoms with Crippen LogP contribution in [0.5, 0.6) is 0 Å². The lowest BCUT2D eigenvalue weighted by Gasteiger charge is -2.03. The van der Waals surface area contributed by atoms with E-state index in [9.17, 15) is 9.59 Å². The highest BCUT2D eigenvalue weighted by molar-refractivity contribution is 7.12. The maximum atomic E-state index is 11.9. The van der Waals surface area contributed by atoms with Crippen molar-refractivity contribution in [2.24, 2.45) is 0 Å². The summed E-state index contributed by atoms with van der Waals surface area (Å²) in [5.41, 5.74) is 2.56. The lowest BCUT2D eigenvalue weighted by Crippen LogP contribution is -2.24. The minimum Gasteiger partial charge on any atom is -0.361 e. The predicted molar refractivity (Wildman–Crippen MR) is 75.9 cm³/mol. The molecule has 0 aromatic carbocycles. The number of carbonyl (C=O) groups is 2. The molecular formula is C14H16N2O3S. The van der Waals surface area contributed by atoms with E-state index in [1.54, 1.807) is 6.07 Å². The first-order valence-corrected chi connectivity index (χ1v) is 7.12. The average molecular weight is 292 g/mol. The summed E-state index contributed by atoms with van der Waals surface area (Å²) >= 11 is 1.37. The largest absolute Gasteiger partial charge is 0.361 e. The smallest absolute Gasteiger partial charge is 0.224 e. The molecule has 2 aromatic heterocycles. The minimum absolute atomic E-state index is 0.0254. The summed E-state index contributed by atoms with van der Waals surface area (Å²) in [4.78, 5) is 23.7. The van der Waals surface area contributed by atoms with E-state index in [4.69, 9.17) is 4.52 Å². The molecule has 20 heavy (non-hydrogen) atoms. The van der Waals surface area contributed by atoms with E-state index in [0.29, 0.717) is 11.4 Å². The Labute approximate surface area is 121 Å². The van der Waals surface area contributed by atoms with Crippen LogP contribution in [0.25, 0.3) is 0 Å². The van der Waals surface area contributed by atoms with Crippen molar-refractivity contribution in [1.82, 2.24) is 10.5 Å². The van der Waals surface area contributed by atoms with Crippen LogP contribution in [0.3, 0.4) is 0 Å². The SMILES string of the molecule is CC(=O)c1cc(CC(=O)NCc2c(C)noc2C)cs1. The normalized spacial score (nSPS) is 10.6. The van der Waals surface area contributed by atoms with Gasteiger partial charge in [0.25, 0.3) is 0 Å². The van der Waals surface area contributed by atoms with Gasteiger partial charge in [-0.2, -0.15) is 0 Å². The molecule has 0 fully saturated rings. The lowest BCUT2D eigenvalue weighted by atomic mass is 10.2. The van der Waals surface area contributed by atoms with Crippen molar-refractivity contribution in [3.63, 3.8) is 0 Å². The first-order chi connectivity index (χ1) is 9.47. The van der Waals surface area contributed by atoms with E-state index in [0.717, 1.165) is 22.6 Å². The number of aromatic nitrogens is 1. The molecule has 0 bridgehead atoms. The van der Waals surface area contributed by atoms with Crippen molar-refractivity contribution >= 4 is 23.0 Å². The third-order valence-corrected chi connectivity index (χ3v) is 4.09. The summed E-state index contributed by atoms with van der Waals surface area (Å²) in [7, 11) is 0. The van der Waals surface area contributed by atoms with Gasteiger partial charge in [-0.15, -0.1) is 11.3 Å². The standard InChI is InChI=1S/C14H16N2O3S/c1-8-12(10(3)19-16-8)6-15-14(18)5-11-4-13(9(2)17)20-7-11/h4,7H,5-6H2,1-3H3,(H,15,18). The van der Waals surface area contributed by atoms with Crippen LogP contribution in [0.2, 0.25) is 0 Å². The van der Waals surface area contributed by atoms with Gasteiger partial charge >= 0.3 is 0 Å². The fraction of sp³-hybridized carbons (Fsp3) is 0.357. The van der Waals surface area contributed by atoms with Crippen LogP contribution in [-0.4, -0.2) is 16.8 Å². The number of hydrogen-bond acceptors (Lipinski definition) is 5. The van der Waals surface area contributed by atoms with Gasteiger partial charge in [-0.3, -0.25) is 9.59 Å². The van der Waals surface area contributed by atoms with Gasteiger partial charge in [0, 0.05) is 12.1 Å². The van der Waals surface area contributed by atoms with E-state index in [-0.39, 0.29) is 18.1 Å². The van der Waals surface area contributed by atoms with Gasteiger partial charge in [-0.25, -0.2) is 0 Å². The van der Waals surface area contributed by atoms with Gasteiger partial charge < -0.3 is 9.84 Å². The predicted octanol–water partition coefficient (Wildman–Crippen LogP) is 2.41. The molecule has 0 radical (unpaired) electrons. The zero-order valence-electron chi connectivity index (χ0n) is 11.6. The van der Waals surface area contributed by atoms with Gasteiger partial charge in [0.05, 0.1) is 17.0 Å². The molecule has 6 heteroatoms. The van der Waals surface area contributed by atoms with Crippen LogP contribution in [0.1, 0.15) is 39.2 Å². The third-order valence-electron chi connectivity index (χ3n) is 3.01. The summed E-state index contributed by atoms with van der Waals surface area (Å²) in [5, 5.41) is 8.51. The quantitative estimate of drug-likeness (QED) is 0.859. The third kappa shape index (κ3) is 3.33. The fourth-order valence-corrected chi connectivity index (χ4v) is 2.66. The number of nitrogens with zero attached hydrogens (tertiary/aromatic N) is 1. The Kier molecular flexibility index (Phi) is 4.34. The molecule has 0 aliphatic heterocycles. The van der Waals surface area contributed by atoms with Gasteiger partial charge in [-0.1, -0.05) is 5.16 Å². The van der Waals surface area contributed by atoms with Crippen LogP contribution in [-0.2, 0) is 17.8 Å². The minimum atomic E-state index is -0.0853. The molecule has 5 nitrogen and oxygen atoms in total. The van der Waals surface area contributed by atoms with Gasteiger partial charge in [-0.05, 0) is 37.8 Å². The molecule has 2 heterocycles. The Hall–Kier alpha value is -1.95. The lowest BCUT2D eigenvalue weighted by molar-refractivity contribution is -0.120. The maximum Gasteiger partial charge on any atom is 0.224 e. The Morgan fingerprint density at radius 1 is 1.40 bits per heavy atom. The van der Waals surface area contributed by atoms with Crippen molar-refractivity contribution in [3.8, 4) is 0 Å². The Balaban J connectivity index is 1.91. The van der Waals surface area contributed by atoms with Crippen molar-refractivity contribution < 1.29 is 14.1 Å². The molecule has 0 spiro atoms. The Morgan fingerprint density at radius 2 is 2.15 bits per heavy atom. The summed E-state index contributed by atoms with van der Waals surface area (Å²) in [6, 6.07) is 1.77. The number of amides is 1. The topological polar surface area (TPSA) is 72.2 Å². The second-order valence-electron chi connectivity index (χ2n) is 4.63. The van der Waals surface area contributed by atoms with Crippen molar-refractivity contribution in [3.05, 3.63) is 38.9 Å². The second-order valence-corrected chi connectivity index (χ2v) is 5.54. The van der Waals surface area contributed by atoms with Gasteiger partial charge in [0.15, 0.2) is 5.78 Å². The fourth-order valence-electron chi connectivity index (χ4n) is 1.84. The number of ketones is 1. The Morgan fingerprint density at radius 3 is 2.70 bits per heavy atom. The van der Waals surface area contributed by atoms with Crippen LogP contribution < -0.4 is 5.32 Å². The van der Waals surface area contributed by atoms with E-state index in [1.807, 2.05) is 19.2 Å². The van der Waals surface area contributed by atoms with Crippen LogP contribution in [0.4, 0.5) is 0 Å². The molecular weight excluding hydrogens is 276 g/mol. The zero-order chi connectivity index (χ0) is 14.7. The maximum absolute atomic E-state index is 11.9. The molecule has 106 valence electrons.